The number of carbonyl (C=O) groups excluding carboxylic acids is 3. The van der Waals surface area contributed by atoms with Gasteiger partial charge in [-0.25, -0.2) is 9.59 Å². The number of nitrogens with zero attached hydrogens (tertiary/aromatic N) is 3. The van der Waals surface area contributed by atoms with Crippen molar-refractivity contribution in [3.05, 3.63) is 65.0 Å². The molecule has 196 valence electrons. The molecule has 0 saturated carbocycles. The van der Waals surface area contributed by atoms with Crippen LogP contribution in [0.1, 0.15) is 59.0 Å². The van der Waals surface area contributed by atoms with E-state index in [2.05, 4.69) is 22.4 Å². The van der Waals surface area contributed by atoms with Crippen LogP contribution < -0.4 is 10.1 Å². The van der Waals surface area contributed by atoms with Crippen molar-refractivity contribution in [1.29, 1.82) is 0 Å². The summed E-state index contributed by atoms with van der Waals surface area (Å²) in [6.07, 6.45) is 0.609. The highest BCUT2D eigenvalue weighted by atomic mass is 32.2. The molecule has 1 atom stereocenters. The van der Waals surface area contributed by atoms with Crippen molar-refractivity contribution in [3.8, 4) is 5.75 Å². The van der Waals surface area contributed by atoms with Gasteiger partial charge in [0.25, 0.3) is 0 Å². The highest BCUT2D eigenvalue weighted by Gasteiger charge is 2.20. The Labute approximate surface area is 219 Å². The number of benzene rings is 2. The molecule has 11 heteroatoms. The van der Waals surface area contributed by atoms with Gasteiger partial charge in [0.2, 0.25) is 5.91 Å². The molecule has 1 amide bonds. The van der Waals surface area contributed by atoms with E-state index in [1.807, 2.05) is 42.7 Å². The fourth-order valence-electron chi connectivity index (χ4n) is 3.56. The first kappa shape index (κ1) is 27.7. The Morgan fingerprint density at radius 2 is 1.59 bits per heavy atom. The summed E-state index contributed by atoms with van der Waals surface area (Å²) in [5, 5.41) is 11.8. The average Bonchev–Trinajstić information content (AvgIpc) is 3.34. The minimum Gasteiger partial charge on any atom is -0.483 e. The number of aromatic nitrogens is 3. The Kier molecular flexibility index (Phi) is 9.67. The predicted molar refractivity (Wildman–Crippen MR) is 139 cm³/mol. The number of ether oxygens (including phenoxy) is 3. The lowest BCUT2D eigenvalue weighted by Gasteiger charge is -2.16. The second-order valence-corrected chi connectivity index (χ2v) is 8.90. The largest absolute Gasteiger partial charge is 0.483 e. The van der Waals surface area contributed by atoms with Crippen LogP contribution in [-0.4, -0.2) is 52.6 Å². The van der Waals surface area contributed by atoms with Crippen molar-refractivity contribution in [2.75, 3.05) is 25.3 Å². The van der Waals surface area contributed by atoms with Crippen LogP contribution >= 0.6 is 11.8 Å². The van der Waals surface area contributed by atoms with E-state index >= 15 is 0 Å². The van der Waals surface area contributed by atoms with E-state index in [0.29, 0.717) is 17.5 Å². The van der Waals surface area contributed by atoms with E-state index in [0.717, 1.165) is 12.2 Å². The smallest absolute Gasteiger partial charge is 0.337 e. The van der Waals surface area contributed by atoms with Crippen LogP contribution in [0.3, 0.4) is 0 Å². The first-order chi connectivity index (χ1) is 17.8. The van der Waals surface area contributed by atoms with E-state index in [4.69, 9.17) is 14.2 Å². The van der Waals surface area contributed by atoms with E-state index < -0.39 is 11.9 Å². The highest BCUT2D eigenvalue weighted by molar-refractivity contribution is 7.99. The molecule has 0 radical (unpaired) electrons. The van der Waals surface area contributed by atoms with Gasteiger partial charge in [-0.1, -0.05) is 30.8 Å². The van der Waals surface area contributed by atoms with Crippen LogP contribution in [0, 0.1) is 0 Å². The van der Waals surface area contributed by atoms with Crippen molar-refractivity contribution in [1.82, 2.24) is 14.8 Å². The van der Waals surface area contributed by atoms with Gasteiger partial charge in [0.15, 0.2) is 17.1 Å². The Hall–Kier alpha value is -3.86. The molecule has 0 aliphatic rings. The Balaban J connectivity index is 1.68. The fourth-order valence-corrected chi connectivity index (χ4v) is 4.37. The fraction of sp³-hybridized carbons (Fsp3) is 0.346. The SMILES string of the molecule is CCc1ccc(OC(C)c2nnc(SCC(=O)Nc3cc(C(=O)OC)cc(C(=O)OC)c3)n2CC)cc1. The number of aryl methyl sites for hydroxylation is 1. The van der Waals surface area contributed by atoms with Crippen molar-refractivity contribution in [2.24, 2.45) is 0 Å². The zero-order valence-corrected chi connectivity index (χ0v) is 22.3. The second kappa shape index (κ2) is 12.9. The number of rotatable bonds is 11. The second-order valence-electron chi connectivity index (χ2n) is 7.96. The van der Waals surface area contributed by atoms with Gasteiger partial charge < -0.3 is 24.1 Å². The van der Waals surface area contributed by atoms with Gasteiger partial charge in [-0.05, 0) is 56.2 Å². The number of thioether (sulfide) groups is 1. The van der Waals surface area contributed by atoms with Gasteiger partial charge in [0, 0.05) is 12.2 Å². The number of hydrogen-bond donors (Lipinski definition) is 1. The first-order valence-electron chi connectivity index (χ1n) is 11.7. The summed E-state index contributed by atoms with van der Waals surface area (Å²) >= 11 is 1.22. The summed E-state index contributed by atoms with van der Waals surface area (Å²) in [5.41, 5.74) is 1.72. The number of amides is 1. The summed E-state index contributed by atoms with van der Waals surface area (Å²) < 4.78 is 17.4. The summed E-state index contributed by atoms with van der Waals surface area (Å²) in [5.74, 6) is -0.214. The predicted octanol–water partition coefficient (Wildman–Crippen LogP) is 4.30. The summed E-state index contributed by atoms with van der Waals surface area (Å²) in [6.45, 7) is 6.56. The molecule has 1 heterocycles. The molecule has 10 nitrogen and oxygen atoms in total. The topological polar surface area (TPSA) is 122 Å². The molecule has 37 heavy (non-hydrogen) atoms. The van der Waals surface area contributed by atoms with Crippen LogP contribution in [0.5, 0.6) is 5.75 Å². The molecule has 2 aromatic carbocycles. The standard InChI is InChI=1S/C26H30N4O6S/c1-6-17-8-10-21(11-9-17)36-16(3)23-28-29-26(30(23)7-2)37-15-22(31)27-20-13-18(24(32)34-4)12-19(14-20)25(33)35-5/h8-14,16H,6-7,15H2,1-5H3,(H,27,31). The third kappa shape index (κ3) is 7.10. The van der Waals surface area contributed by atoms with E-state index in [9.17, 15) is 14.4 Å². The maximum Gasteiger partial charge on any atom is 0.337 e. The Morgan fingerprint density at radius 1 is 0.973 bits per heavy atom. The monoisotopic (exact) mass is 526 g/mol. The number of carbonyl (C=O) groups is 3. The van der Waals surface area contributed by atoms with Gasteiger partial charge in [0.1, 0.15) is 5.75 Å². The van der Waals surface area contributed by atoms with E-state index in [-0.39, 0.29) is 34.6 Å². The lowest BCUT2D eigenvalue weighted by Crippen LogP contribution is -2.17. The Morgan fingerprint density at radius 3 is 2.14 bits per heavy atom. The maximum absolute atomic E-state index is 12.7. The Bertz CT molecular complexity index is 1220. The molecule has 1 unspecified atom stereocenters. The molecular formula is C26H30N4O6S. The van der Waals surface area contributed by atoms with Crippen molar-refractivity contribution in [2.45, 2.75) is 45.0 Å². The zero-order valence-electron chi connectivity index (χ0n) is 21.4. The minimum atomic E-state index is -0.642. The van der Waals surface area contributed by atoms with E-state index in [1.165, 1.54) is 49.7 Å². The molecule has 0 aliphatic carbocycles. The summed E-state index contributed by atoms with van der Waals surface area (Å²) in [7, 11) is 2.46. The number of methoxy groups -OCH3 is 2. The third-order valence-corrected chi connectivity index (χ3v) is 6.43. The molecule has 0 aliphatic heterocycles. The molecule has 0 spiro atoms. The van der Waals surface area contributed by atoms with Crippen molar-refractivity contribution >= 4 is 35.3 Å². The van der Waals surface area contributed by atoms with Gasteiger partial charge >= 0.3 is 11.9 Å². The average molecular weight is 527 g/mol. The zero-order chi connectivity index (χ0) is 26.9. The van der Waals surface area contributed by atoms with Gasteiger partial charge in [0.05, 0.1) is 31.1 Å². The van der Waals surface area contributed by atoms with Crippen LogP contribution in [0.25, 0.3) is 0 Å². The normalized spacial score (nSPS) is 11.5. The number of anilines is 1. The molecule has 0 saturated heterocycles. The molecule has 1 aromatic heterocycles. The third-order valence-electron chi connectivity index (χ3n) is 5.46. The van der Waals surface area contributed by atoms with Crippen LogP contribution in [0.4, 0.5) is 5.69 Å². The first-order valence-corrected chi connectivity index (χ1v) is 12.7. The quantitative estimate of drug-likeness (QED) is 0.288. The van der Waals surface area contributed by atoms with Crippen LogP contribution in [0.15, 0.2) is 47.6 Å². The lowest BCUT2D eigenvalue weighted by molar-refractivity contribution is -0.113. The highest BCUT2D eigenvalue weighted by Crippen LogP contribution is 2.25. The molecular weight excluding hydrogens is 496 g/mol. The maximum atomic E-state index is 12.7. The van der Waals surface area contributed by atoms with E-state index in [1.54, 1.807) is 0 Å². The van der Waals surface area contributed by atoms with Crippen LogP contribution in [0.2, 0.25) is 0 Å². The molecule has 3 rings (SSSR count). The number of hydrogen-bond acceptors (Lipinski definition) is 9. The molecule has 0 fully saturated rings. The van der Waals surface area contributed by atoms with Crippen molar-refractivity contribution in [3.63, 3.8) is 0 Å². The van der Waals surface area contributed by atoms with Gasteiger partial charge in [-0.3, -0.25) is 4.79 Å². The molecule has 3 aromatic rings. The number of esters is 2. The van der Waals surface area contributed by atoms with Crippen molar-refractivity contribution < 1.29 is 28.6 Å². The minimum absolute atomic E-state index is 0.0296. The summed E-state index contributed by atoms with van der Waals surface area (Å²) in [4.78, 5) is 36.6. The molecule has 1 N–H and O–H groups in total. The lowest BCUT2D eigenvalue weighted by atomic mass is 10.1. The number of nitrogens with one attached hydrogen (secondary N) is 1. The summed E-state index contributed by atoms with van der Waals surface area (Å²) in [6, 6.07) is 12.1. The van der Waals surface area contributed by atoms with Gasteiger partial charge in [-0.15, -0.1) is 10.2 Å². The molecule has 0 bridgehead atoms. The van der Waals surface area contributed by atoms with Gasteiger partial charge in [-0.2, -0.15) is 0 Å². The van der Waals surface area contributed by atoms with Crippen LogP contribution in [-0.2, 0) is 27.2 Å².